The predicted octanol–water partition coefficient (Wildman–Crippen LogP) is 4.47. The maximum Gasteiger partial charge on any atom is 0.252 e. The number of aliphatic imine (C=N–C) groups is 1. The zero-order valence-electron chi connectivity index (χ0n) is 11.9. The van der Waals surface area contributed by atoms with Crippen molar-refractivity contribution in [3.8, 4) is 0 Å². The fraction of sp³-hybridized carbons (Fsp3) is 0.176. The molecule has 3 nitrogen and oxygen atoms in total. The van der Waals surface area contributed by atoms with Gasteiger partial charge in [-0.05, 0) is 52.4 Å². The van der Waals surface area contributed by atoms with Gasteiger partial charge in [0.2, 0.25) is 0 Å². The van der Waals surface area contributed by atoms with E-state index in [0.29, 0.717) is 5.56 Å². The van der Waals surface area contributed by atoms with Crippen molar-refractivity contribution in [3.63, 3.8) is 0 Å². The van der Waals surface area contributed by atoms with Crippen LogP contribution >= 0.6 is 27.3 Å². The number of fused-ring (bicyclic) bond motifs is 1. The van der Waals surface area contributed by atoms with Gasteiger partial charge in [0.1, 0.15) is 5.00 Å². The smallest absolute Gasteiger partial charge is 0.252 e. The molecule has 112 valence electrons. The first-order chi connectivity index (χ1) is 10.6. The summed E-state index contributed by atoms with van der Waals surface area (Å²) in [5.41, 5.74) is 8.33. The lowest BCUT2D eigenvalue weighted by Crippen LogP contribution is -2.12. The van der Waals surface area contributed by atoms with Crippen molar-refractivity contribution in [3.05, 3.63) is 56.4 Å². The number of amides is 1. The highest BCUT2D eigenvalue weighted by Crippen LogP contribution is 2.40. The number of thiophene rings is 1. The van der Waals surface area contributed by atoms with Crippen LogP contribution in [-0.4, -0.2) is 12.1 Å². The predicted molar refractivity (Wildman–Crippen MR) is 96.4 cm³/mol. The van der Waals surface area contributed by atoms with Gasteiger partial charge in [0.25, 0.3) is 5.91 Å². The van der Waals surface area contributed by atoms with Crippen LogP contribution < -0.4 is 5.73 Å². The molecule has 5 heteroatoms. The maximum absolute atomic E-state index is 11.7. The second-order valence-electron chi connectivity index (χ2n) is 5.10. The zero-order valence-corrected chi connectivity index (χ0v) is 14.3. The van der Waals surface area contributed by atoms with E-state index in [9.17, 15) is 4.79 Å². The van der Waals surface area contributed by atoms with Crippen LogP contribution in [0.1, 0.15) is 32.8 Å². The van der Waals surface area contributed by atoms with E-state index in [-0.39, 0.29) is 5.91 Å². The standard InChI is InChI=1S/C17H15BrN2OS/c18-12(9-11-5-2-1-3-6-11)10-20-17-15(16(19)21)13-7-4-8-14(13)22-17/h1-3,5-6,9-10H,4,7-8H2,(H2,19,21). The van der Waals surface area contributed by atoms with E-state index in [0.717, 1.165) is 39.9 Å². The molecule has 0 saturated heterocycles. The molecule has 1 heterocycles. The molecule has 0 bridgehead atoms. The normalized spacial score (nSPS) is 14.5. The summed E-state index contributed by atoms with van der Waals surface area (Å²) in [7, 11) is 0. The molecule has 2 aromatic rings. The van der Waals surface area contributed by atoms with Gasteiger partial charge in [-0.1, -0.05) is 30.3 Å². The molecule has 0 saturated carbocycles. The summed E-state index contributed by atoms with van der Waals surface area (Å²) in [5, 5.41) is 0.718. The number of carbonyl (C=O) groups is 1. The Morgan fingerprint density at radius 1 is 1.27 bits per heavy atom. The Kier molecular flexibility index (Phi) is 4.55. The fourth-order valence-electron chi connectivity index (χ4n) is 2.60. The molecular formula is C17H15BrN2OS. The first-order valence-corrected chi connectivity index (χ1v) is 8.67. The quantitative estimate of drug-likeness (QED) is 0.788. The van der Waals surface area contributed by atoms with Gasteiger partial charge in [0.15, 0.2) is 0 Å². The topological polar surface area (TPSA) is 55.5 Å². The number of nitrogens with zero attached hydrogens (tertiary/aromatic N) is 1. The van der Waals surface area contributed by atoms with Crippen molar-refractivity contribution >= 4 is 50.5 Å². The maximum atomic E-state index is 11.7. The summed E-state index contributed by atoms with van der Waals surface area (Å²) >= 11 is 5.07. The lowest BCUT2D eigenvalue weighted by Gasteiger charge is -1.98. The second-order valence-corrected chi connectivity index (χ2v) is 7.10. The van der Waals surface area contributed by atoms with Crippen LogP contribution in [0, 0.1) is 0 Å². The van der Waals surface area contributed by atoms with Crippen molar-refractivity contribution in [1.82, 2.24) is 0 Å². The Morgan fingerprint density at radius 3 is 2.77 bits per heavy atom. The minimum absolute atomic E-state index is 0.380. The number of aryl methyl sites for hydroxylation is 1. The highest BCUT2D eigenvalue weighted by molar-refractivity contribution is 9.12. The number of halogens is 1. The van der Waals surface area contributed by atoms with Gasteiger partial charge in [0, 0.05) is 15.6 Å². The van der Waals surface area contributed by atoms with Gasteiger partial charge in [0.05, 0.1) is 5.56 Å². The highest BCUT2D eigenvalue weighted by atomic mass is 79.9. The van der Waals surface area contributed by atoms with Gasteiger partial charge in [-0.25, -0.2) is 4.99 Å². The summed E-state index contributed by atoms with van der Waals surface area (Å²) in [6.45, 7) is 0. The summed E-state index contributed by atoms with van der Waals surface area (Å²) in [5.74, 6) is -0.380. The number of primary amides is 1. The first-order valence-electron chi connectivity index (χ1n) is 7.06. The van der Waals surface area contributed by atoms with E-state index < -0.39 is 0 Å². The summed E-state index contributed by atoms with van der Waals surface area (Å²) < 4.78 is 0.850. The van der Waals surface area contributed by atoms with Crippen molar-refractivity contribution < 1.29 is 4.79 Å². The molecule has 0 unspecified atom stereocenters. The first kappa shape index (κ1) is 15.2. The third kappa shape index (κ3) is 3.20. The Labute approximate surface area is 141 Å². The molecule has 1 amide bonds. The van der Waals surface area contributed by atoms with Crippen molar-refractivity contribution in [1.29, 1.82) is 0 Å². The lowest BCUT2D eigenvalue weighted by atomic mass is 10.1. The molecule has 1 aromatic heterocycles. The van der Waals surface area contributed by atoms with Crippen LogP contribution in [0.4, 0.5) is 5.00 Å². The molecule has 0 spiro atoms. The van der Waals surface area contributed by atoms with Crippen LogP contribution in [0.2, 0.25) is 0 Å². The van der Waals surface area contributed by atoms with Gasteiger partial charge in [-0.15, -0.1) is 11.3 Å². The summed E-state index contributed by atoms with van der Waals surface area (Å²) in [6, 6.07) is 9.98. The molecule has 1 aliphatic carbocycles. The van der Waals surface area contributed by atoms with Crippen LogP contribution in [0.5, 0.6) is 0 Å². The molecule has 3 rings (SSSR count). The van der Waals surface area contributed by atoms with Crippen LogP contribution in [0.25, 0.3) is 6.08 Å². The molecule has 1 aliphatic rings. The number of carbonyl (C=O) groups excluding carboxylic acids is 1. The molecule has 0 fully saturated rings. The lowest BCUT2D eigenvalue weighted by molar-refractivity contribution is 0.100. The fourth-order valence-corrected chi connectivity index (χ4v) is 4.21. The average molecular weight is 375 g/mol. The number of nitrogens with two attached hydrogens (primary N) is 1. The Bertz CT molecular complexity index is 762. The number of allylic oxidation sites excluding steroid dienone is 1. The summed E-state index contributed by atoms with van der Waals surface area (Å²) in [4.78, 5) is 17.4. The SMILES string of the molecule is NC(=O)c1c(N=CC(Br)=Cc2ccccc2)sc2c1CCC2. The van der Waals surface area contributed by atoms with Crippen molar-refractivity contribution in [2.75, 3.05) is 0 Å². The largest absolute Gasteiger partial charge is 0.365 e. The van der Waals surface area contributed by atoms with E-state index in [1.165, 1.54) is 4.88 Å². The molecule has 0 radical (unpaired) electrons. The monoisotopic (exact) mass is 374 g/mol. The third-order valence-corrected chi connectivity index (χ3v) is 5.19. The van der Waals surface area contributed by atoms with E-state index >= 15 is 0 Å². The molecule has 2 N–H and O–H groups in total. The molecular weight excluding hydrogens is 360 g/mol. The van der Waals surface area contributed by atoms with Crippen molar-refractivity contribution in [2.24, 2.45) is 10.7 Å². The van der Waals surface area contributed by atoms with Crippen LogP contribution in [0.15, 0.2) is 39.8 Å². The van der Waals surface area contributed by atoms with E-state index in [1.807, 2.05) is 36.4 Å². The number of hydrogen-bond acceptors (Lipinski definition) is 3. The second kappa shape index (κ2) is 6.58. The highest BCUT2D eigenvalue weighted by Gasteiger charge is 2.24. The number of benzene rings is 1. The third-order valence-electron chi connectivity index (χ3n) is 3.56. The van der Waals surface area contributed by atoms with Gasteiger partial charge in [-0.2, -0.15) is 0 Å². The van der Waals surface area contributed by atoms with Gasteiger partial charge in [-0.3, -0.25) is 4.79 Å². The zero-order chi connectivity index (χ0) is 15.5. The molecule has 0 aliphatic heterocycles. The number of rotatable bonds is 4. The molecule has 1 aromatic carbocycles. The minimum Gasteiger partial charge on any atom is -0.365 e. The molecule has 22 heavy (non-hydrogen) atoms. The van der Waals surface area contributed by atoms with Gasteiger partial charge >= 0.3 is 0 Å². The van der Waals surface area contributed by atoms with E-state index in [2.05, 4.69) is 20.9 Å². The van der Waals surface area contributed by atoms with Crippen LogP contribution in [0.3, 0.4) is 0 Å². The Morgan fingerprint density at radius 2 is 2.05 bits per heavy atom. The Hall–Kier alpha value is -1.72. The molecule has 0 atom stereocenters. The minimum atomic E-state index is -0.380. The summed E-state index contributed by atoms with van der Waals surface area (Å²) in [6.07, 6.45) is 6.76. The van der Waals surface area contributed by atoms with Crippen LogP contribution in [-0.2, 0) is 12.8 Å². The number of hydrogen-bond donors (Lipinski definition) is 1. The Balaban J connectivity index is 1.87. The van der Waals surface area contributed by atoms with E-state index in [1.54, 1.807) is 17.6 Å². The average Bonchev–Trinajstić information content (AvgIpc) is 3.05. The van der Waals surface area contributed by atoms with Crippen molar-refractivity contribution in [2.45, 2.75) is 19.3 Å². The van der Waals surface area contributed by atoms with Gasteiger partial charge < -0.3 is 5.73 Å². The van der Waals surface area contributed by atoms with E-state index in [4.69, 9.17) is 5.73 Å².